The first-order chi connectivity index (χ1) is 11.9. The summed E-state index contributed by atoms with van der Waals surface area (Å²) in [5.74, 6) is 0.802. The molecule has 7 heteroatoms. The van der Waals surface area contributed by atoms with E-state index in [1.54, 1.807) is 19.2 Å². The minimum atomic E-state index is -0.388. The van der Waals surface area contributed by atoms with E-state index >= 15 is 0 Å². The number of thioether (sulfide) groups is 1. The molecule has 1 aromatic rings. The van der Waals surface area contributed by atoms with Gasteiger partial charge in [-0.2, -0.15) is 11.8 Å². The van der Waals surface area contributed by atoms with E-state index in [1.165, 1.54) is 30.7 Å². The van der Waals surface area contributed by atoms with E-state index in [1.807, 2.05) is 11.8 Å². The molecule has 1 aromatic carbocycles. The largest absolute Gasteiger partial charge is 0.369 e. The lowest BCUT2D eigenvalue weighted by molar-refractivity contribution is -0.121. The van der Waals surface area contributed by atoms with Gasteiger partial charge in [0.15, 0.2) is 5.96 Å². The average Bonchev–Trinajstić information content (AvgIpc) is 3.02. The van der Waals surface area contributed by atoms with Crippen LogP contribution in [0, 0.1) is 11.7 Å². The minimum Gasteiger partial charge on any atom is -0.369 e. The van der Waals surface area contributed by atoms with Gasteiger partial charge in [0.2, 0.25) is 5.91 Å². The van der Waals surface area contributed by atoms with Gasteiger partial charge in [-0.1, -0.05) is 12.1 Å². The number of hydrogen-bond donors (Lipinski definition) is 3. The Bertz CT molecular complexity index is 600. The Hall–Kier alpha value is -1.76. The molecule has 25 heavy (non-hydrogen) atoms. The second-order valence-electron chi connectivity index (χ2n) is 6.64. The number of carbonyl (C=O) groups excluding carboxylic acids is 1. The number of carbonyl (C=O) groups is 1. The summed E-state index contributed by atoms with van der Waals surface area (Å²) < 4.78 is 13.2. The molecule has 0 radical (unpaired) electrons. The van der Waals surface area contributed by atoms with E-state index in [2.05, 4.69) is 22.5 Å². The van der Waals surface area contributed by atoms with Crippen molar-refractivity contribution >= 4 is 23.6 Å². The molecule has 2 atom stereocenters. The van der Waals surface area contributed by atoms with Crippen molar-refractivity contribution in [3.8, 4) is 0 Å². The van der Waals surface area contributed by atoms with E-state index in [0.717, 1.165) is 12.1 Å². The zero-order valence-electron chi connectivity index (χ0n) is 14.8. The Labute approximate surface area is 153 Å². The number of halogens is 1. The average molecular weight is 367 g/mol. The fourth-order valence-electron chi connectivity index (χ4n) is 2.87. The van der Waals surface area contributed by atoms with Gasteiger partial charge in [-0.05, 0) is 49.6 Å². The number of primary amides is 1. The van der Waals surface area contributed by atoms with Crippen molar-refractivity contribution in [1.29, 1.82) is 0 Å². The molecule has 1 fully saturated rings. The number of guanidine groups is 1. The van der Waals surface area contributed by atoms with Crippen molar-refractivity contribution < 1.29 is 9.18 Å². The van der Waals surface area contributed by atoms with E-state index < -0.39 is 0 Å². The summed E-state index contributed by atoms with van der Waals surface area (Å²) in [5, 5.41) is 6.51. The van der Waals surface area contributed by atoms with Gasteiger partial charge in [0.05, 0.1) is 5.92 Å². The van der Waals surface area contributed by atoms with Crippen LogP contribution in [0.1, 0.15) is 25.3 Å². The number of nitrogens with zero attached hydrogens (tertiary/aromatic N) is 1. The van der Waals surface area contributed by atoms with E-state index in [-0.39, 0.29) is 22.4 Å². The summed E-state index contributed by atoms with van der Waals surface area (Å²) in [6, 6.07) is 6.13. The van der Waals surface area contributed by atoms with Crippen LogP contribution < -0.4 is 16.4 Å². The van der Waals surface area contributed by atoms with Crippen LogP contribution in [0.3, 0.4) is 0 Å². The highest BCUT2D eigenvalue weighted by molar-refractivity contribution is 8.00. The van der Waals surface area contributed by atoms with Crippen LogP contribution in [0.25, 0.3) is 0 Å². The lowest BCUT2D eigenvalue weighted by Crippen LogP contribution is -2.46. The normalized spacial score (nSPS) is 21.8. The third-order valence-corrected chi connectivity index (χ3v) is 6.01. The summed E-state index contributed by atoms with van der Waals surface area (Å²) >= 11 is 1.98. The lowest BCUT2D eigenvalue weighted by Gasteiger charge is -2.25. The molecular formula is C18H27FN4OS. The number of hydrogen-bond acceptors (Lipinski definition) is 3. The van der Waals surface area contributed by atoms with Crippen molar-refractivity contribution in [2.24, 2.45) is 16.6 Å². The van der Waals surface area contributed by atoms with Crippen LogP contribution in [0.2, 0.25) is 0 Å². The zero-order valence-corrected chi connectivity index (χ0v) is 15.7. The maximum Gasteiger partial charge on any atom is 0.222 e. The molecule has 0 spiro atoms. The molecule has 1 amide bonds. The Morgan fingerprint density at radius 3 is 2.68 bits per heavy atom. The highest BCUT2D eigenvalue weighted by Crippen LogP contribution is 2.36. The number of benzene rings is 1. The van der Waals surface area contributed by atoms with Gasteiger partial charge in [-0.15, -0.1) is 0 Å². The minimum absolute atomic E-state index is 0.231. The van der Waals surface area contributed by atoms with Crippen LogP contribution in [0.4, 0.5) is 4.39 Å². The zero-order chi connectivity index (χ0) is 18.3. The standard InChI is InChI=1S/C18H27FN4OS/c1-18(8-3-9-25-18)12-23-17(21-2)22-11-14(16(20)24)10-13-4-6-15(19)7-5-13/h4-7,14H,3,8-12H2,1-2H3,(H2,20,24)(H2,21,22,23). The summed E-state index contributed by atoms with van der Waals surface area (Å²) in [6.45, 7) is 3.47. The van der Waals surface area contributed by atoms with Gasteiger partial charge in [0.25, 0.3) is 0 Å². The Balaban J connectivity index is 1.85. The predicted octanol–water partition coefficient (Wildman–Crippen LogP) is 1.92. The molecular weight excluding hydrogens is 339 g/mol. The predicted molar refractivity (Wildman–Crippen MR) is 102 cm³/mol. The first-order valence-electron chi connectivity index (χ1n) is 8.54. The second-order valence-corrected chi connectivity index (χ2v) is 8.32. The van der Waals surface area contributed by atoms with Crippen molar-refractivity contribution in [2.45, 2.75) is 30.9 Å². The van der Waals surface area contributed by atoms with E-state index in [4.69, 9.17) is 5.73 Å². The Morgan fingerprint density at radius 2 is 2.12 bits per heavy atom. The molecule has 1 aliphatic heterocycles. The van der Waals surface area contributed by atoms with Gasteiger partial charge in [-0.3, -0.25) is 9.79 Å². The summed E-state index contributed by atoms with van der Waals surface area (Å²) in [6.07, 6.45) is 2.90. The highest BCUT2D eigenvalue weighted by atomic mass is 32.2. The molecule has 138 valence electrons. The monoisotopic (exact) mass is 366 g/mol. The number of nitrogens with two attached hydrogens (primary N) is 1. The Morgan fingerprint density at radius 1 is 1.40 bits per heavy atom. The second kappa shape index (κ2) is 9.08. The van der Waals surface area contributed by atoms with E-state index in [0.29, 0.717) is 18.9 Å². The van der Waals surface area contributed by atoms with Crippen molar-refractivity contribution in [3.05, 3.63) is 35.6 Å². The molecule has 1 aliphatic rings. The number of aliphatic imine (C=N–C) groups is 1. The molecule has 4 N–H and O–H groups in total. The molecule has 2 unspecified atom stereocenters. The van der Waals surface area contributed by atoms with Crippen molar-refractivity contribution in [1.82, 2.24) is 10.6 Å². The smallest absolute Gasteiger partial charge is 0.222 e. The van der Waals surface area contributed by atoms with Gasteiger partial charge < -0.3 is 16.4 Å². The van der Waals surface area contributed by atoms with Crippen molar-refractivity contribution in [3.63, 3.8) is 0 Å². The first kappa shape index (κ1) is 19.6. The van der Waals surface area contributed by atoms with Gasteiger partial charge in [0.1, 0.15) is 5.82 Å². The van der Waals surface area contributed by atoms with Crippen LogP contribution in [-0.4, -0.2) is 42.5 Å². The molecule has 2 rings (SSSR count). The molecule has 0 aliphatic carbocycles. The quantitative estimate of drug-likeness (QED) is 0.509. The van der Waals surface area contributed by atoms with Crippen LogP contribution in [0.5, 0.6) is 0 Å². The summed E-state index contributed by atoms with van der Waals surface area (Å²) in [4.78, 5) is 15.9. The molecule has 0 bridgehead atoms. The fraction of sp³-hybridized carbons (Fsp3) is 0.556. The summed E-state index contributed by atoms with van der Waals surface area (Å²) in [5.41, 5.74) is 6.40. The third kappa shape index (κ3) is 6.23. The number of nitrogens with one attached hydrogen (secondary N) is 2. The lowest BCUT2D eigenvalue weighted by atomic mass is 9.98. The van der Waals surface area contributed by atoms with Crippen LogP contribution in [0.15, 0.2) is 29.3 Å². The highest BCUT2D eigenvalue weighted by Gasteiger charge is 2.29. The SMILES string of the molecule is CN=C(NCC(Cc1ccc(F)cc1)C(N)=O)NCC1(C)CCCS1. The molecule has 5 nitrogen and oxygen atoms in total. The Kier molecular flexibility index (Phi) is 7.11. The van der Waals surface area contributed by atoms with Gasteiger partial charge >= 0.3 is 0 Å². The van der Waals surface area contributed by atoms with Gasteiger partial charge in [0, 0.05) is 24.9 Å². The number of amides is 1. The molecule has 0 aromatic heterocycles. The number of rotatable bonds is 7. The van der Waals surface area contributed by atoms with E-state index in [9.17, 15) is 9.18 Å². The summed E-state index contributed by atoms with van der Waals surface area (Å²) in [7, 11) is 1.71. The molecule has 1 heterocycles. The van der Waals surface area contributed by atoms with Gasteiger partial charge in [-0.25, -0.2) is 4.39 Å². The van der Waals surface area contributed by atoms with Crippen LogP contribution in [-0.2, 0) is 11.2 Å². The molecule has 1 saturated heterocycles. The maximum absolute atomic E-state index is 13.0. The first-order valence-corrected chi connectivity index (χ1v) is 9.53. The topological polar surface area (TPSA) is 79.5 Å². The third-order valence-electron chi connectivity index (χ3n) is 4.47. The van der Waals surface area contributed by atoms with Crippen molar-refractivity contribution in [2.75, 3.05) is 25.9 Å². The van der Waals surface area contributed by atoms with Crippen LogP contribution >= 0.6 is 11.8 Å². The maximum atomic E-state index is 13.0. The molecule has 0 saturated carbocycles. The fourth-order valence-corrected chi connectivity index (χ4v) is 4.11.